The van der Waals surface area contributed by atoms with Crippen molar-refractivity contribution in [2.24, 2.45) is 0 Å². The summed E-state index contributed by atoms with van der Waals surface area (Å²) >= 11 is 0. The fraction of sp³-hybridized carbons (Fsp3) is 0. The van der Waals surface area contributed by atoms with Crippen molar-refractivity contribution >= 4 is 5.78 Å². The SMILES string of the molecule is O=C(c1ccc(F)cc1)c1c[nH]cc1-c1ccccc1. The number of benzene rings is 2. The Kier molecular flexibility index (Phi) is 3.17. The Labute approximate surface area is 115 Å². The molecule has 0 amide bonds. The van der Waals surface area contributed by atoms with Gasteiger partial charge in [-0.1, -0.05) is 30.3 Å². The minimum absolute atomic E-state index is 0.120. The van der Waals surface area contributed by atoms with E-state index in [1.54, 1.807) is 12.4 Å². The van der Waals surface area contributed by atoms with E-state index in [9.17, 15) is 9.18 Å². The molecule has 1 aromatic heterocycles. The van der Waals surface area contributed by atoms with Crippen LogP contribution >= 0.6 is 0 Å². The van der Waals surface area contributed by atoms with Gasteiger partial charge in [-0.15, -0.1) is 0 Å². The summed E-state index contributed by atoms with van der Waals surface area (Å²) in [6, 6.07) is 15.3. The van der Waals surface area contributed by atoms with Gasteiger partial charge in [0, 0.05) is 29.1 Å². The van der Waals surface area contributed by atoms with Crippen LogP contribution in [-0.4, -0.2) is 10.8 Å². The highest BCUT2D eigenvalue weighted by Gasteiger charge is 2.15. The Bertz CT molecular complexity index is 729. The van der Waals surface area contributed by atoms with E-state index in [1.807, 2.05) is 30.3 Å². The van der Waals surface area contributed by atoms with Crippen molar-refractivity contribution in [1.29, 1.82) is 0 Å². The van der Waals surface area contributed by atoms with E-state index < -0.39 is 0 Å². The Morgan fingerprint density at radius 3 is 2.30 bits per heavy atom. The van der Waals surface area contributed by atoms with Crippen LogP contribution in [0.25, 0.3) is 11.1 Å². The number of ketones is 1. The average molecular weight is 265 g/mol. The second kappa shape index (κ2) is 5.13. The van der Waals surface area contributed by atoms with E-state index in [-0.39, 0.29) is 11.6 Å². The van der Waals surface area contributed by atoms with Crippen LogP contribution in [0.4, 0.5) is 4.39 Å². The predicted octanol–water partition coefficient (Wildman–Crippen LogP) is 4.05. The van der Waals surface area contributed by atoms with Crippen molar-refractivity contribution in [1.82, 2.24) is 4.98 Å². The van der Waals surface area contributed by atoms with Gasteiger partial charge in [-0.3, -0.25) is 4.79 Å². The Hall–Kier alpha value is -2.68. The molecule has 2 nitrogen and oxygen atoms in total. The van der Waals surface area contributed by atoms with Crippen LogP contribution in [0, 0.1) is 5.82 Å². The van der Waals surface area contributed by atoms with Crippen molar-refractivity contribution < 1.29 is 9.18 Å². The molecule has 2 aromatic carbocycles. The molecule has 1 N–H and O–H groups in total. The molecule has 0 bridgehead atoms. The number of aromatic nitrogens is 1. The quantitative estimate of drug-likeness (QED) is 0.712. The van der Waals surface area contributed by atoms with Crippen molar-refractivity contribution in [2.75, 3.05) is 0 Å². The lowest BCUT2D eigenvalue weighted by molar-refractivity contribution is 0.103. The number of nitrogens with one attached hydrogen (secondary N) is 1. The molecule has 3 rings (SSSR count). The lowest BCUT2D eigenvalue weighted by Crippen LogP contribution is -2.01. The zero-order valence-electron chi connectivity index (χ0n) is 10.6. The number of aromatic amines is 1. The largest absolute Gasteiger partial charge is 0.366 e. The second-order valence-corrected chi connectivity index (χ2v) is 4.48. The summed E-state index contributed by atoms with van der Waals surface area (Å²) in [7, 11) is 0. The third kappa shape index (κ3) is 2.26. The van der Waals surface area contributed by atoms with Gasteiger partial charge in [-0.25, -0.2) is 4.39 Å². The molecule has 0 unspecified atom stereocenters. The third-order valence-corrected chi connectivity index (χ3v) is 3.18. The molecule has 0 aliphatic carbocycles. The fourth-order valence-corrected chi connectivity index (χ4v) is 2.17. The van der Waals surface area contributed by atoms with E-state index >= 15 is 0 Å². The summed E-state index contributed by atoms with van der Waals surface area (Å²) in [5.41, 5.74) is 2.88. The van der Waals surface area contributed by atoms with E-state index in [1.165, 1.54) is 24.3 Å². The van der Waals surface area contributed by atoms with E-state index in [0.717, 1.165) is 11.1 Å². The number of rotatable bonds is 3. The molecule has 3 heteroatoms. The van der Waals surface area contributed by atoms with Crippen LogP contribution in [0.3, 0.4) is 0 Å². The van der Waals surface area contributed by atoms with Crippen molar-refractivity contribution in [2.45, 2.75) is 0 Å². The van der Waals surface area contributed by atoms with Gasteiger partial charge in [0.2, 0.25) is 0 Å². The zero-order valence-corrected chi connectivity index (χ0v) is 10.6. The summed E-state index contributed by atoms with van der Waals surface area (Å²) in [6.07, 6.45) is 3.47. The van der Waals surface area contributed by atoms with Crippen LogP contribution in [-0.2, 0) is 0 Å². The van der Waals surface area contributed by atoms with Crippen molar-refractivity contribution in [3.63, 3.8) is 0 Å². The molecule has 0 saturated heterocycles. The van der Waals surface area contributed by atoms with E-state index in [2.05, 4.69) is 4.98 Å². The topological polar surface area (TPSA) is 32.9 Å². The molecule has 0 fully saturated rings. The first-order chi connectivity index (χ1) is 9.75. The lowest BCUT2D eigenvalue weighted by Gasteiger charge is -2.04. The van der Waals surface area contributed by atoms with Gasteiger partial charge < -0.3 is 4.98 Å². The van der Waals surface area contributed by atoms with Crippen LogP contribution in [0.1, 0.15) is 15.9 Å². The summed E-state index contributed by atoms with van der Waals surface area (Å²) < 4.78 is 12.9. The molecule has 0 radical (unpaired) electrons. The molecule has 0 saturated carbocycles. The highest BCUT2D eigenvalue weighted by Crippen LogP contribution is 2.25. The predicted molar refractivity (Wildman–Crippen MR) is 76.1 cm³/mol. The molecule has 0 atom stereocenters. The number of carbonyl (C=O) groups is 1. The first kappa shape index (κ1) is 12.4. The number of H-pyrrole nitrogens is 1. The van der Waals surface area contributed by atoms with Crippen LogP contribution in [0.5, 0.6) is 0 Å². The normalized spacial score (nSPS) is 10.4. The number of carbonyl (C=O) groups excluding carboxylic acids is 1. The van der Waals surface area contributed by atoms with Gasteiger partial charge in [-0.2, -0.15) is 0 Å². The minimum atomic E-state index is -0.348. The molecule has 98 valence electrons. The van der Waals surface area contributed by atoms with Gasteiger partial charge in [0.15, 0.2) is 5.78 Å². The van der Waals surface area contributed by atoms with Crippen molar-refractivity contribution in [3.8, 4) is 11.1 Å². The highest BCUT2D eigenvalue weighted by molar-refractivity contribution is 6.12. The minimum Gasteiger partial charge on any atom is -0.366 e. The summed E-state index contributed by atoms with van der Waals surface area (Å²) in [4.78, 5) is 15.4. The van der Waals surface area contributed by atoms with Crippen LogP contribution in [0.15, 0.2) is 67.0 Å². The molecule has 20 heavy (non-hydrogen) atoms. The van der Waals surface area contributed by atoms with Crippen molar-refractivity contribution in [3.05, 3.63) is 83.9 Å². The number of halogens is 1. The zero-order chi connectivity index (χ0) is 13.9. The standard InChI is InChI=1S/C17H12FNO/c18-14-8-6-13(7-9-14)17(20)16-11-19-10-15(16)12-4-2-1-3-5-12/h1-11,19H. The van der Waals surface area contributed by atoms with Crippen LogP contribution < -0.4 is 0 Å². The lowest BCUT2D eigenvalue weighted by atomic mass is 9.98. The molecule has 0 spiro atoms. The smallest absolute Gasteiger partial charge is 0.195 e. The molecule has 0 aliphatic rings. The van der Waals surface area contributed by atoms with Gasteiger partial charge in [0.1, 0.15) is 5.82 Å². The fourth-order valence-electron chi connectivity index (χ4n) is 2.17. The summed E-state index contributed by atoms with van der Waals surface area (Å²) in [5.74, 6) is -0.469. The van der Waals surface area contributed by atoms with E-state index in [4.69, 9.17) is 0 Å². The average Bonchev–Trinajstić information content (AvgIpc) is 2.97. The maximum atomic E-state index is 12.9. The molecule has 1 heterocycles. The van der Waals surface area contributed by atoms with Gasteiger partial charge >= 0.3 is 0 Å². The number of hydrogen-bond acceptors (Lipinski definition) is 1. The number of hydrogen-bond donors (Lipinski definition) is 1. The van der Waals surface area contributed by atoms with E-state index in [0.29, 0.717) is 11.1 Å². The highest BCUT2D eigenvalue weighted by atomic mass is 19.1. The van der Waals surface area contributed by atoms with Gasteiger partial charge in [0.25, 0.3) is 0 Å². The van der Waals surface area contributed by atoms with Crippen LogP contribution in [0.2, 0.25) is 0 Å². The monoisotopic (exact) mass is 265 g/mol. The Morgan fingerprint density at radius 2 is 1.60 bits per heavy atom. The first-order valence-electron chi connectivity index (χ1n) is 6.28. The molecular weight excluding hydrogens is 253 g/mol. The second-order valence-electron chi connectivity index (χ2n) is 4.48. The molecule has 3 aromatic rings. The Morgan fingerprint density at radius 1 is 0.900 bits per heavy atom. The summed E-state index contributed by atoms with van der Waals surface area (Å²) in [6.45, 7) is 0. The summed E-state index contributed by atoms with van der Waals surface area (Å²) in [5, 5.41) is 0. The molecule has 0 aliphatic heterocycles. The molecular formula is C17H12FNO. The van der Waals surface area contributed by atoms with Gasteiger partial charge in [0.05, 0.1) is 0 Å². The maximum absolute atomic E-state index is 12.9. The van der Waals surface area contributed by atoms with Gasteiger partial charge in [-0.05, 0) is 29.8 Å². The Balaban J connectivity index is 2.02. The first-order valence-corrected chi connectivity index (χ1v) is 6.28. The third-order valence-electron chi connectivity index (χ3n) is 3.18. The maximum Gasteiger partial charge on any atom is 0.195 e.